The largest absolute Gasteiger partial charge is 0.444 e. The Bertz CT molecular complexity index is 1020. The van der Waals surface area contributed by atoms with Gasteiger partial charge in [0.05, 0.1) is 11.8 Å². The first-order chi connectivity index (χ1) is 14.9. The fourth-order valence-corrected chi connectivity index (χ4v) is 5.62. The van der Waals surface area contributed by atoms with Crippen LogP contribution < -0.4 is 4.90 Å². The van der Waals surface area contributed by atoms with Gasteiger partial charge in [0.2, 0.25) is 0 Å². The van der Waals surface area contributed by atoms with E-state index in [2.05, 4.69) is 9.88 Å². The highest BCUT2D eigenvalue weighted by Gasteiger charge is 2.46. The van der Waals surface area contributed by atoms with E-state index in [1.54, 1.807) is 11.0 Å². The summed E-state index contributed by atoms with van der Waals surface area (Å²) in [7, 11) is 0. The van der Waals surface area contributed by atoms with Crippen LogP contribution in [0.2, 0.25) is 0 Å². The number of ether oxygens (including phenoxy) is 1. The normalized spacial score (nSPS) is 21.8. The van der Waals surface area contributed by atoms with Gasteiger partial charge in [-0.3, -0.25) is 0 Å². The number of aryl methyl sites for hydroxylation is 1. The first-order valence-corrected chi connectivity index (χ1v) is 11.8. The maximum absolute atomic E-state index is 12.9. The fraction of sp³-hybridized carbons (Fsp3) is 0.682. The van der Waals surface area contributed by atoms with E-state index in [0.29, 0.717) is 47.9 Å². The lowest BCUT2D eigenvalue weighted by Crippen LogP contribution is -2.37. The van der Waals surface area contributed by atoms with Gasteiger partial charge >= 0.3 is 12.3 Å². The van der Waals surface area contributed by atoms with E-state index < -0.39 is 18.2 Å². The van der Waals surface area contributed by atoms with Crippen LogP contribution in [0.3, 0.4) is 0 Å². The Hall–Kier alpha value is -2.10. The summed E-state index contributed by atoms with van der Waals surface area (Å²) in [6.45, 7) is 10.2. The van der Waals surface area contributed by atoms with Gasteiger partial charge < -0.3 is 14.5 Å². The molecule has 6 nitrogen and oxygen atoms in total. The first kappa shape index (κ1) is 23.1. The Morgan fingerprint density at radius 2 is 1.91 bits per heavy atom. The van der Waals surface area contributed by atoms with Crippen LogP contribution in [0.15, 0.2) is 6.07 Å². The molecule has 2 aromatic rings. The number of carbonyl (C=O) groups excluding carboxylic acids is 1. The van der Waals surface area contributed by atoms with Crippen LogP contribution >= 0.6 is 11.3 Å². The van der Waals surface area contributed by atoms with Crippen molar-refractivity contribution in [2.75, 3.05) is 31.1 Å². The Morgan fingerprint density at radius 1 is 1.19 bits per heavy atom. The number of alkyl halides is 3. The standard InChI is InChI=1S/C22H29F3N4O2S/c1-5-16-26-17(15-10-14(11-22(23,24)25)32-18(15)27-16)28-8-6-21(12-28)7-9-29(13-21)19(30)31-20(2,3)4/h10H,5-9,11-13H2,1-4H3. The summed E-state index contributed by atoms with van der Waals surface area (Å²) in [6.07, 6.45) is -3.11. The van der Waals surface area contributed by atoms with Crippen molar-refractivity contribution in [2.24, 2.45) is 5.41 Å². The minimum Gasteiger partial charge on any atom is -0.444 e. The number of halogens is 3. The van der Waals surface area contributed by atoms with E-state index in [9.17, 15) is 18.0 Å². The fourth-order valence-electron chi connectivity index (χ4n) is 4.55. The van der Waals surface area contributed by atoms with Gasteiger partial charge in [-0.25, -0.2) is 14.8 Å². The van der Waals surface area contributed by atoms with Crippen LogP contribution in [-0.4, -0.2) is 58.9 Å². The van der Waals surface area contributed by atoms with Crippen LogP contribution in [0.25, 0.3) is 10.2 Å². The zero-order valence-corrected chi connectivity index (χ0v) is 19.7. The molecule has 2 fully saturated rings. The summed E-state index contributed by atoms with van der Waals surface area (Å²) in [5, 5.41) is 0.686. The minimum atomic E-state index is -4.26. The van der Waals surface area contributed by atoms with E-state index in [-0.39, 0.29) is 16.4 Å². The molecule has 176 valence electrons. The number of anilines is 1. The first-order valence-electron chi connectivity index (χ1n) is 11.0. The van der Waals surface area contributed by atoms with Crippen LogP contribution in [0.1, 0.15) is 51.2 Å². The van der Waals surface area contributed by atoms with Crippen molar-refractivity contribution < 1.29 is 22.7 Å². The number of amides is 1. The average Bonchev–Trinajstić information content (AvgIpc) is 3.37. The number of rotatable bonds is 3. The van der Waals surface area contributed by atoms with Crippen LogP contribution in [-0.2, 0) is 17.6 Å². The van der Waals surface area contributed by atoms with Crippen LogP contribution in [0.5, 0.6) is 0 Å². The Kier molecular flexibility index (Phi) is 5.80. The molecule has 1 atom stereocenters. The topological polar surface area (TPSA) is 58.6 Å². The summed E-state index contributed by atoms with van der Waals surface area (Å²) in [4.78, 5) is 26.5. The van der Waals surface area contributed by atoms with E-state index in [1.807, 2.05) is 27.7 Å². The molecule has 1 spiro atoms. The molecular weight excluding hydrogens is 441 g/mol. The van der Waals surface area contributed by atoms with Gasteiger partial charge in [0.25, 0.3) is 0 Å². The molecule has 2 aliphatic rings. The lowest BCUT2D eigenvalue weighted by atomic mass is 9.86. The minimum absolute atomic E-state index is 0.0502. The zero-order chi connectivity index (χ0) is 23.3. The number of aromatic nitrogens is 2. The van der Waals surface area contributed by atoms with Gasteiger partial charge in [-0.05, 0) is 39.7 Å². The molecule has 32 heavy (non-hydrogen) atoms. The molecule has 1 amide bonds. The van der Waals surface area contributed by atoms with E-state index in [4.69, 9.17) is 9.72 Å². The second kappa shape index (κ2) is 8.04. The van der Waals surface area contributed by atoms with E-state index in [1.165, 1.54) is 0 Å². The summed E-state index contributed by atoms with van der Waals surface area (Å²) in [5.74, 6) is 1.35. The average molecular weight is 471 g/mol. The summed E-state index contributed by atoms with van der Waals surface area (Å²) >= 11 is 1.09. The van der Waals surface area contributed by atoms with Crippen molar-refractivity contribution in [3.8, 4) is 0 Å². The number of nitrogens with zero attached hydrogens (tertiary/aromatic N) is 4. The van der Waals surface area contributed by atoms with Crippen molar-refractivity contribution in [2.45, 2.75) is 65.2 Å². The van der Waals surface area contributed by atoms with Crippen molar-refractivity contribution >= 4 is 33.5 Å². The molecule has 0 bridgehead atoms. The Balaban J connectivity index is 1.56. The van der Waals surface area contributed by atoms with Gasteiger partial charge in [-0.2, -0.15) is 13.2 Å². The number of carbonyl (C=O) groups is 1. The number of fused-ring (bicyclic) bond motifs is 1. The van der Waals surface area contributed by atoms with Gasteiger partial charge in [-0.1, -0.05) is 6.92 Å². The van der Waals surface area contributed by atoms with Crippen molar-refractivity contribution in [3.05, 3.63) is 16.8 Å². The highest BCUT2D eigenvalue weighted by Crippen LogP contribution is 2.43. The third-order valence-corrected chi connectivity index (χ3v) is 7.02. The molecule has 1 unspecified atom stereocenters. The highest BCUT2D eigenvalue weighted by molar-refractivity contribution is 7.18. The number of hydrogen-bond donors (Lipinski definition) is 0. The highest BCUT2D eigenvalue weighted by atomic mass is 32.1. The Labute approximate surface area is 189 Å². The summed E-state index contributed by atoms with van der Waals surface area (Å²) < 4.78 is 44.3. The SMILES string of the molecule is CCc1nc(N2CCC3(CCN(C(=O)OC(C)(C)C)C3)C2)c2cc(CC(F)(F)F)sc2n1. The second-order valence-corrected chi connectivity index (χ2v) is 11.0. The zero-order valence-electron chi connectivity index (χ0n) is 18.9. The Morgan fingerprint density at radius 3 is 2.56 bits per heavy atom. The van der Waals surface area contributed by atoms with E-state index in [0.717, 1.165) is 30.7 Å². The van der Waals surface area contributed by atoms with Crippen molar-refractivity contribution in [1.29, 1.82) is 0 Å². The van der Waals surface area contributed by atoms with Crippen LogP contribution in [0.4, 0.5) is 23.8 Å². The molecule has 0 radical (unpaired) electrons. The molecule has 2 saturated heterocycles. The van der Waals surface area contributed by atoms with Crippen molar-refractivity contribution in [1.82, 2.24) is 14.9 Å². The van der Waals surface area contributed by atoms with Gasteiger partial charge in [-0.15, -0.1) is 11.3 Å². The molecule has 0 N–H and O–H groups in total. The number of thiophene rings is 1. The van der Waals surface area contributed by atoms with Gasteiger partial charge in [0, 0.05) is 42.9 Å². The second-order valence-electron chi connectivity index (χ2n) is 9.86. The monoisotopic (exact) mass is 470 g/mol. The van der Waals surface area contributed by atoms with Crippen molar-refractivity contribution in [3.63, 3.8) is 0 Å². The molecule has 4 rings (SSSR count). The summed E-state index contributed by atoms with van der Waals surface area (Å²) in [5.41, 5.74) is -0.587. The molecule has 0 saturated carbocycles. The lowest BCUT2D eigenvalue weighted by Gasteiger charge is -2.27. The lowest BCUT2D eigenvalue weighted by molar-refractivity contribution is -0.126. The molecule has 2 aliphatic heterocycles. The molecule has 0 aliphatic carbocycles. The molecule has 4 heterocycles. The third kappa shape index (κ3) is 4.94. The van der Waals surface area contributed by atoms with Gasteiger partial charge in [0.15, 0.2) is 0 Å². The predicted molar refractivity (Wildman–Crippen MR) is 118 cm³/mol. The third-order valence-electron chi connectivity index (χ3n) is 5.99. The smallest absolute Gasteiger partial charge is 0.410 e. The maximum atomic E-state index is 12.9. The van der Waals surface area contributed by atoms with E-state index >= 15 is 0 Å². The maximum Gasteiger partial charge on any atom is 0.410 e. The molecule has 10 heteroatoms. The predicted octanol–water partition coefficient (Wildman–Crippen LogP) is 5.20. The quantitative estimate of drug-likeness (QED) is 0.618. The molecule has 2 aromatic heterocycles. The van der Waals surface area contributed by atoms with Gasteiger partial charge in [0.1, 0.15) is 22.1 Å². The number of likely N-dealkylation sites (tertiary alicyclic amines) is 1. The molecular formula is C22H29F3N4O2S. The van der Waals surface area contributed by atoms with Crippen LogP contribution in [0, 0.1) is 5.41 Å². The molecule has 0 aromatic carbocycles. The summed E-state index contributed by atoms with van der Waals surface area (Å²) in [6, 6.07) is 1.59. The number of hydrogen-bond acceptors (Lipinski definition) is 6.